The van der Waals surface area contributed by atoms with Crippen LogP contribution in [0.2, 0.25) is 0 Å². The molecular weight excluding hydrogens is 281 g/mol. The fraction of sp³-hybridized carbons (Fsp3) is 0.500. The van der Waals surface area contributed by atoms with Gasteiger partial charge >= 0.3 is 6.18 Å². The molecule has 0 bridgehead atoms. The third-order valence-electron chi connectivity index (χ3n) is 2.41. The van der Waals surface area contributed by atoms with Crippen LogP contribution in [0, 0.1) is 0 Å². The highest BCUT2D eigenvalue weighted by Crippen LogP contribution is 2.21. The molecule has 7 heteroatoms. The van der Waals surface area contributed by atoms with Gasteiger partial charge in [-0.15, -0.1) is 12.4 Å². The summed E-state index contributed by atoms with van der Waals surface area (Å²) in [4.78, 5) is 0. The van der Waals surface area contributed by atoms with Crippen LogP contribution in [0.4, 0.5) is 13.2 Å². The molecule has 0 spiro atoms. The lowest BCUT2D eigenvalue weighted by molar-refractivity contribution is -0.143. The molecule has 0 fully saturated rings. The summed E-state index contributed by atoms with van der Waals surface area (Å²) in [5, 5.41) is 0. The molecule has 0 aliphatic carbocycles. The minimum absolute atomic E-state index is 0. The molecule has 3 nitrogen and oxygen atoms in total. The van der Waals surface area contributed by atoms with E-state index in [1.165, 1.54) is 0 Å². The van der Waals surface area contributed by atoms with Gasteiger partial charge in [-0.25, -0.2) is 0 Å². The summed E-state index contributed by atoms with van der Waals surface area (Å²) in [6.07, 6.45) is -4.56. The molecule has 1 rings (SSSR count). The van der Waals surface area contributed by atoms with E-state index in [0.29, 0.717) is 13.0 Å². The van der Waals surface area contributed by atoms with Gasteiger partial charge in [0.2, 0.25) is 0 Å². The number of hydrogen-bond donors (Lipinski definition) is 2. The summed E-state index contributed by atoms with van der Waals surface area (Å²) < 4.78 is 41.5. The average molecular weight is 299 g/mol. The second-order valence-electron chi connectivity index (χ2n) is 3.99. The second kappa shape index (κ2) is 9.14. The quantitative estimate of drug-likeness (QED) is 0.462. The van der Waals surface area contributed by atoms with E-state index in [1.807, 2.05) is 30.3 Å². The molecule has 1 atom stereocenters. The SMILES string of the molecule is Cl.NNC(COCCc1ccccc1)CC(F)(F)F. The fourth-order valence-corrected chi connectivity index (χ4v) is 1.51. The number of nitrogens with two attached hydrogens (primary N) is 1. The molecule has 19 heavy (non-hydrogen) atoms. The van der Waals surface area contributed by atoms with Crippen LogP contribution in [0.3, 0.4) is 0 Å². The summed E-state index contributed by atoms with van der Waals surface area (Å²) in [7, 11) is 0. The molecule has 110 valence electrons. The third kappa shape index (κ3) is 8.83. The molecule has 1 unspecified atom stereocenters. The Morgan fingerprint density at radius 2 is 1.84 bits per heavy atom. The monoisotopic (exact) mass is 298 g/mol. The van der Waals surface area contributed by atoms with E-state index in [-0.39, 0.29) is 19.0 Å². The molecule has 0 saturated heterocycles. The van der Waals surface area contributed by atoms with Gasteiger partial charge in [0, 0.05) is 0 Å². The summed E-state index contributed by atoms with van der Waals surface area (Å²) in [6, 6.07) is 8.70. The Hall–Kier alpha value is -0.820. The molecule has 0 aromatic heterocycles. The number of ether oxygens (including phenoxy) is 1. The highest BCUT2D eigenvalue weighted by molar-refractivity contribution is 5.85. The average Bonchev–Trinajstić information content (AvgIpc) is 2.33. The molecule has 0 radical (unpaired) electrons. The standard InChI is InChI=1S/C12H17F3N2O.ClH/c13-12(14,15)8-11(17-16)9-18-7-6-10-4-2-1-3-5-10;/h1-5,11,17H,6-9,16H2;1H. The van der Waals surface area contributed by atoms with Crippen molar-refractivity contribution in [1.82, 2.24) is 5.43 Å². The van der Waals surface area contributed by atoms with Crippen molar-refractivity contribution in [3.8, 4) is 0 Å². The maximum atomic E-state index is 12.1. The zero-order valence-corrected chi connectivity index (χ0v) is 11.1. The van der Waals surface area contributed by atoms with Crippen molar-refractivity contribution in [3.63, 3.8) is 0 Å². The highest BCUT2D eigenvalue weighted by Gasteiger charge is 2.31. The van der Waals surface area contributed by atoms with Crippen molar-refractivity contribution in [2.45, 2.75) is 25.1 Å². The molecule has 3 N–H and O–H groups in total. The van der Waals surface area contributed by atoms with E-state index in [2.05, 4.69) is 5.43 Å². The van der Waals surface area contributed by atoms with Crippen LogP contribution >= 0.6 is 12.4 Å². The normalized spacial score (nSPS) is 12.8. The first kappa shape index (κ1) is 18.2. The maximum Gasteiger partial charge on any atom is 0.390 e. The molecular formula is C12H18ClF3N2O. The van der Waals surface area contributed by atoms with Gasteiger partial charge in [0.1, 0.15) is 0 Å². The molecule has 1 aromatic rings. The van der Waals surface area contributed by atoms with E-state index in [1.54, 1.807) is 0 Å². The Morgan fingerprint density at radius 3 is 2.37 bits per heavy atom. The second-order valence-corrected chi connectivity index (χ2v) is 3.99. The number of alkyl halides is 3. The van der Waals surface area contributed by atoms with Crippen LogP contribution in [0.15, 0.2) is 30.3 Å². The topological polar surface area (TPSA) is 47.3 Å². The Kier molecular flexibility index (Phi) is 8.75. The molecule has 0 heterocycles. The van der Waals surface area contributed by atoms with Gasteiger partial charge in [-0.3, -0.25) is 11.3 Å². The first-order chi connectivity index (χ1) is 8.51. The Balaban J connectivity index is 0.00000324. The molecule has 1 aromatic carbocycles. The van der Waals surface area contributed by atoms with E-state index in [9.17, 15) is 13.2 Å². The van der Waals surface area contributed by atoms with Gasteiger partial charge in [0.05, 0.1) is 25.7 Å². The number of benzene rings is 1. The van der Waals surface area contributed by atoms with Gasteiger partial charge in [0.25, 0.3) is 0 Å². The predicted molar refractivity (Wildman–Crippen MR) is 70.0 cm³/mol. The zero-order chi connectivity index (χ0) is 13.4. The first-order valence-electron chi connectivity index (χ1n) is 5.66. The number of rotatable bonds is 7. The van der Waals surface area contributed by atoms with Crippen LogP contribution in [-0.2, 0) is 11.2 Å². The molecule has 0 aliphatic heterocycles. The predicted octanol–water partition coefficient (Wildman–Crippen LogP) is 2.45. The van der Waals surface area contributed by atoms with Crippen LogP contribution in [0.25, 0.3) is 0 Å². The maximum absolute atomic E-state index is 12.1. The van der Waals surface area contributed by atoms with E-state index < -0.39 is 18.6 Å². The Morgan fingerprint density at radius 1 is 1.21 bits per heavy atom. The van der Waals surface area contributed by atoms with Crippen LogP contribution in [0.1, 0.15) is 12.0 Å². The number of hydrazine groups is 1. The van der Waals surface area contributed by atoms with E-state index in [4.69, 9.17) is 10.6 Å². The summed E-state index contributed by atoms with van der Waals surface area (Å²) >= 11 is 0. The van der Waals surface area contributed by atoms with Gasteiger partial charge in [-0.1, -0.05) is 30.3 Å². The van der Waals surface area contributed by atoms with Crippen LogP contribution in [0.5, 0.6) is 0 Å². The Bertz CT molecular complexity index is 335. The highest BCUT2D eigenvalue weighted by atomic mass is 35.5. The third-order valence-corrected chi connectivity index (χ3v) is 2.41. The minimum Gasteiger partial charge on any atom is -0.379 e. The fourth-order valence-electron chi connectivity index (χ4n) is 1.51. The van der Waals surface area contributed by atoms with Crippen LogP contribution < -0.4 is 11.3 Å². The van der Waals surface area contributed by atoms with Gasteiger partial charge in [-0.05, 0) is 12.0 Å². The lowest BCUT2D eigenvalue weighted by atomic mass is 10.2. The number of halogens is 4. The van der Waals surface area contributed by atoms with Crippen molar-refractivity contribution >= 4 is 12.4 Å². The van der Waals surface area contributed by atoms with Crippen molar-refractivity contribution in [3.05, 3.63) is 35.9 Å². The van der Waals surface area contributed by atoms with Crippen LogP contribution in [-0.4, -0.2) is 25.4 Å². The van der Waals surface area contributed by atoms with Crippen molar-refractivity contribution < 1.29 is 17.9 Å². The van der Waals surface area contributed by atoms with Gasteiger partial charge < -0.3 is 4.74 Å². The first-order valence-corrected chi connectivity index (χ1v) is 5.66. The minimum atomic E-state index is -4.24. The van der Waals surface area contributed by atoms with E-state index in [0.717, 1.165) is 5.56 Å². The van der Waals surface area contributed by atoms with Crippen molar-refractivity contribution in [2.24, 2.45) is 5.84 Å². The molecule has 0 aliphatic rings. The van der Waals surface area contributed by atoms with Crippen molar-refractivity contribution in [1.29, 1.82) is 0 Å². The largest absolute Gasteiger partial charge is 0.390 e. The molecule has 0 saturated carbocycles. The smallest absolute Gasteiger partial charge is 0.379 e. The lowest BCUT2D eigenvalue weighted by Crippen LogP contribution is -2.41. The Labute approximate surface area is 116 Å². The summed E-state index contributed by atoms with van der Waals surface area (Å²) in [6.45, 7) is 0.322. The summed E-state index contributed by atoms with van der Waals surface area (Å²) in [5.74, 6) is 5.04. The lowest BCUT2D eigenvalue weighted by Gasteiger charge is -2.17. The van der Waals surface area contributed by atoms with E-state index >= 15 is 0 Å². The van der Waals surface area contributed by atoms with Gasteiger partial charge in [0.15, 0.2) is 0 Å². The summed E-state index contributed by atoms with van der Waals surface area (Å²) in [5.41, 5.74) is 3.20. The van der Waals surface area contributed by atoms with Crippen molar-refractivity contribution in [2.75, 3.05) is 13.2 Å². The number of nitrogens with one attached hydrogen (secondary N) is 1. The van der Waals surface area contributed by atoms with Gasteiger partial charge in [-0.2, -0.15) is 13.2 Å². The zero-order valence-electron chi connectivity index (χ0n) is 10.3. The number of hydrogen-bond acceptors (Lipinski definition) is 3. The molecule has 0 amide bonds.